The van der Waals surface area contributed by atoms with Crippen LogP contribution in [0.4, 0.5) is 0 Å². The Morgan fingerprint density at radius 1 is 0.552 bits per heavy atom. The highest BCUT2D eigenvalue weighted by molar-refractivity contribution is 5.70. The number of carbonyl (C=O) groups excluding carboxylic acids is 3. The van der Waals surface area contributed by atoms with Gasteiger partial charge in [-0.15, -0.1) is 0 Å². The van der Waals surface area contributed by atoms with Crippen molar-refractivity contribution in [3.05, 3.63) is 109 Å². The second kappa shape index (κ2) is 39.8. The highest BCUT2D eigenvalue weighted by Crippen LogP contribution is 2.11. The van der Waals surface area contributed by atoms with Crippen molar-refractivity contribution in [2.45, 2.75) is 148 Å². The fourth-order valence-electron chi connectivity index (χ4n) is 5.65. The largest absolute Gasteiger partial charge is 0.544 e. The van der Waals surface area contributed by atoms with E-state index < -0.39 is 18.1 Å². The number of ether oxygens (including phenoxy) is 3. The van der Waals surface area contributed by atoms with Crippen LogP contribution in [0.15, 0.2) is 109 Å². The number of likely N-dealkylation sites (N-methyl/N-ethyl adjacent to an activating group) is 1. The summed E-state index contributed by atoms with van der Waals surface area (Å²) in [6.07, 6.45) is 54.1. The summed E-state index contributed by atoms with van der Waals surface area (Å²) in [5.74, 6) is -1.88. The summed E-state index contributed by atoms with van der Waals surface area (Å²) >= 11 is 0. The van der Waals surface area contributed by atoms with Gasteiger partial charge in [0, 0.05) is 19.3 Å². The highest BCUT2D eigenvalue weighted by Gasteiger charge is 2.25. The van der Waals surface area contributed by atoms with Gasteiger partial charge in [-0.25, -0.2) is 0 Å². The number of allylic oxidation sites excluding steroid dienone is 18. The van der Waals surface area contributed by atoms with E-state index in [2.05, 4.69) is 62.5 Å². The third kappa shape index (κ3) is 37.6. The van der Waals surface area contributed by atoms with Crippen LogP contribution in [0.1, 0.15) is 136 Å². The lowest BCUT2D eigenvalue weighted by atomic mass is 10.1. The normalized spacial score (nSPS) is 14.0. The molecule has 0 aromatic rings. The van der Waals surface area contributed by atoms with Crippen molar-refractivity contribution in [1.82, 2.24) is 0 Å². The Bertz CT molecular complexity index is 1310. The molecule has 0 aromatic carbocycles. The molecule has 0 rings (SSSR count). The predicted octanol–water partition coefficient (Wildman–Crippen LogP) is 10.7. The molecule has 0 bridgehead atoms. The topological polar surface area (TPSA) is 102 Å². The molecule has 0 aliphatic heterocycles. The van der Waals surface area contributed by atoms with Crippen molar-refractivity contribution in [2.75, 3.05) is 41.0 Å². The first kappa shape index (κ1) is 54.0. The van der Waals surface area contributed by atoms with Crippen molar-refractivity contribution < 1.29 is 38.2 Å². The van der Waals surface area contributed by atoms with Gasteiger partial charge >= 0.3 is 11.9 Å². The molecule has 0 aliphatic carbocycles. The van der Waals surface area contributed by atoms with Gasteiger partial charge in [0.15, 0.2) is 6.10 Å². The second-order valence-electron chi connectivity index (χ2n) is 15.3. The van der Waals surface area contributed by atoms with Crippen LogP contribution in [0.25, 0.3) is 0 Å². The average molecular weight is 806 g/mol. The summed E-state index contributed by atoms with van der Waals surface area (Å²) in [5.41, 5.74) is 0. The second-order valence-corrected chi connectivity index (χ2v) is 15.3. The molecule has 0 heterocycles. The van der Waals surface area contributed by atoms with Crippen LogP contribution >= 0.6 is 0 Å². The molecule has 8 nitrogen and oxygen atoms in total. The number of carboxylic acid groups (broad SMARTS) is 1. The first-order chi connectivity index (χ1) is 28.1. The molecule has 0 aliphatic rings. The molecule has 58 heavy (non-hydrogen) atoms. The van der Waals surface area contributed by atoms with Gasteiger partial charge in [-0.05, 0) is 64.2 Å². The van der Waals surface area contributed by atoms with Gasteiger partial charge < -0.3 is 28.6 Å². The monoisotopic (exact) mass is 806 g/mol. The van der Waals surface area contributed by atoms with Crippen LogP contribution in [-0.4, -0.2) is 75.5 Å². The van der Waals surface area contributed by atoms with Crippen molar-refractivity contribution in [3.63, 3.8) is 0 Å². The minimum atomic E-state index is -1.15. The maximum atomic E-state index is 12.7. The Balaban J connectivity index is 4.56. The molecule has 8 heteroatoms. The standard InChI is InChI=1S/C50H79NO7/c1-6-8-10-12-14-16-18-20-22-24-26-28-30-32-34-36-38-40-48(52)57-45-46(44-56-43-42-47(50(54)55)51(3,4)5)58-49(53)41-39-37-35-33-31-29-27-25-23-21-19-17-15-13-11-9-7-2/h9,11,13,15,17,19-23,25-29,31-32,34,46-47H,6-8,10,12,14,16,18,24,30,33,35-45H2,1-5H3/b11-9+,15-13+,19-17+,22-20+,23-21+,27-25+,28-26+,31-29+,34-32+. The molecule has 0 N–H and O–H groups in total. The van der Waals surface area contributed by atoms with Gasteiger partial charge in [-0.1, -0.05) is 162 Å². The first-order valence-electron chi connectivity index (χ1n) is 22.0. The third-order valence-corrected chi connectivity index (χ3v) is 9.05. The van der Waals surface area contributed by atoms with E-state index in [-0.39, 0.29) is 55.5 Å². The lowest BCUT2D eigenvalue weighted by molar-refractivity contribution is -0.889. The molecule has 0 radical (unpaired) electrons. The van der Waals surface area contributed by atoms with Gasteiger partial charge in [0.1, 0.15) is 12.6 Å². The Hall–Kier alpha value is -4.01. The summed E-state index contributed by atoms with van der Waals surface area (Å²) in [6, 6.07) is -0.749. The Labute approximate surface area is 353 Å². The van der Waals surface area contributed by atoms with Gasteiger partial charge in [-0.2, -0.15) is 0 Å². The summed E-state index contributed by atoms with van der Waals surface area (Å²) in [5, 5.41) is 11.6. The summed E-state index contributed by atoms with van der Waals surface area (Å²) in [6.45, 7) is 4.38. The maximum Gasteiger partial charge on any atom is 0.306 e. The molecule has 0 amide bonds. The quantitative estimate of drug-likeness (QED) is 0.0203. The van der Waals surface area contributed by atoms with Crippen molar-refractivity contribution in [2.24, 2.45) is 0 Å². The van der Waals surface area contributed by atoms with E-state index in [4.69, 9.17) is 14.2 Å². The van der Waals surface area contributed by atoms with E-state index in [1.807, 2.05) is 60.8 Å². The van der Waals surface area contributed by atoms with Crippen LogP contribution < -0.4 is 5.11 Å². The summed E-state index contributed by atoms with van der Waals surface area (Å²) in [4.78, 5) is 36.8. The SMILES string of the molecule is CC/C=C/C=C/C=C/C=C/C=C/C=C/CCCCCC(=O)OC(COCCC(C(=O)[O-])[N+](C)(C)C)COC(=O)CCC/C=C/C/C=C/C/C=C/CCCCCCCC. The third-order valence-electron chi connectivity index (χ3n) is 9.05. The summed E-state index contributed by atoms with van der Waals surface area (Å²) < 4.78 is 17.1. The van der Waals surface area contributed by atoms with Crippen molar-refractivity contribution >= 4 is 17.9 Å². The molecule has 0 spiro atoms. The number of hydrogen-bond acceptors (Lipinski definition) is 7. The van der Waals surface area contributed by atoms with Crippen LogP contribution in [-0.2, 0) is 28.6 Å². The number of carbonyl (C=O) groups is 3. The number of esters is 2. The fourth-order valence-corrected chi connectivity index (χ4v) is 5.65. The van der Waals surface area contributed by atoms with Crippen LogP contribution in [0.5, 0.6) is 0 Å². The molecule has 0 saturated heterocycles. The molecule has 0 saturated carbocycles. The van der Waals surface area contributed by atoms with Gasteiger partial charge in [0.05, 0.1) is 40.3 Å². The van der Waals surface area contributed by atoms with E-state index in [1.54, 1.807) is 21.1 Å². The predicted molar refractivity (Wildman–Crippen MR) is 240 cm³/mol. The Morgan fingerprint density at radius 3 is 1.64 bits per heavy atom. The van der Waals surface area contributed by atoms with Gasteiger partial charge in [-0.3, -0.25) is 9.59 Å². The Kier molecular flexibility index (Phi) is 37.0. The maximum absolute atomic E-state index is 12.7. The number of unbranched alkanes of at least 4 members (excludes halogenated alkanes) is 10. The Morgan fingerprint density at radius 2 is 1.05 bits per heavy atom. The van der Waals surface area contributed by atoms with E-state index in [1.165, 1.54) is 44.9 Å². The zero-order valence-corrected chi connectivity index (χ0v) is 36.9. The van der Waals surface area contributed by atoms with Crippen LogP contribution in [0.3, 0.4) is 0 Å². The minimum absolute atomic E-state index is 0.00141. The lowest BCUT2D eigenvalue weighted by Gasteiger charge is -2.34. The number of hydrogen-bond donors (Lipinski definition) is 0. The van der Waals surface area contributed by atoms with Gasteiger partial charge in [0.2, 0.25) is 0 Å². The minimum Gasteiger partial charge on any atom is -0.544 e. The number of carboxylic acids is 1. The number of quaternary nitrogens is 1. The average Bonchev–Trinajstić information content (AvgIpc) is 3.18. The van der Waals surface area contributed by atoms with Crippen molar-refractivity contribution in [3.8, 4) is 0 Å². The molecule has 326 valence electrons. The van der Waals surface area contributed by atoms with Crippen LogP contribution in [0, 0.1) is 0 Å². The fraction of sp³-hybridized carbons (Fsp3) is 0.580. The zero-order chi connectivity index (χ0) is 42.8. The van der Waals surface area contributed by atoms with E-state index in [0.717, 1.165) is 44.9 Å². The number of nitrogens with zero attached hydrogens (tertiary/aromatic N) is 1. The van der Waals surface area contributed by atoms with E-state index in [0.29, 0.717) is 12.8 Å². The van der Waals surface area contributed by atoms with Crippen LogP contribution in [0.2, 0.25) is 0 Å². The lowest BCUT2D eigenvalue weighted by Crippen LogP contribution is -2.55. The van der Waals surface area contributed by atoms with E-state index in [9.17, 15) is 19.5 Å². The number of rotatable bonds is 37. The van der Waals surface area contributed by atoms with Gasteiger partial charge in [0.25, 0.3) is 0 Å². The first-order valence-corrected chi connectivity index (χ1v) is 22.0. The van der Waals surface area contributed by atoms with Crippen molar-refractivity contribution in [1.29, 1.82) is 0 Å². The molecular formula is C50H79NO7. The molecule has 2 unspecified atom stereocenters. The molecule has 2 atom stereocenters. The molecule has 0 aromatic heterocycles. The summed E-state index contributed by atoms with van der Waals surface area (Å²) in [7, 11) is 5.36. The number of aliphatic carboxylic acids is 1. The van der Waals surface area contributed by atoms with E-state index >= 15 is 0 Å². The molecular weight excluding hydrogens is 727 g/mol. The smallest absolute Gasteiger partial charge is 0.306 e. The highest BCUT2D eigenvalue weighted by atomic mass is 16.6. The zero-order valence-electron chi connectivity index (χ0n) is 36.9. The molecule has 0 fully saturated rings.